The number of nitrogens with two attached hydrogens (primary N) is 1. The Morgan fingerprint density at radius 1 is 1.35 bits per heavy atom. The van der Waals surface area contributed by atoms with Crippen molar-refractivity contribution in [2.45, 2.75) is 5.03 Å². The van der Waals surface area contributed by atoms with Crippen LogP contribution in [0.2, 0.25) is 0 Å². The minimum atomic E-state index is -3.57. The Morgan fingerprint density at radius 3 is 2.75 bits per heavy atom. The van der Waals surface area contributed by atoms with Gasteiger partial charge in [-0.1, -0.05) is 12.1 Å². The van der Waals surface area contributed by atoms with Crippen molar-refractivity contribution in [3.8, 4) is 5.75 Å². The Kier molecular flexibility index (Phi) is 4.26. The van der Waals surface area contributed by atoms with Crippen molar-refractivity contribution >= 4 is 15.7 Å². The fraction of sp³-hybridized carbons (Fsp3) is 0.250. The first-order chi connectivity index (χ1) is 9.50. The highest BCUT2D eigenvalue weighted by molar-refractivity contribution is 7.89. The van der Waals surface area contributed by atoms with Crippen molar-refractivity contribution in [3.63, 3.8) is 0 Å². The van der Waals surface area contributed by atoms with Gasteiger partial charge in [0.15, 0.2) is 5.03 Å². The summed E-state index contributed by atoms with van der Waals surface area (Å²) in [5, 5.41) is 3.93. The summed E-state index contributed by atoms with van der Waals surface area (Å²) in [4.78, 5) is 0. The Hall–Kier alpha value is -2.06. The number of hydrogen-bond donors (Lipinski definition) is 2. The fourth-order valence-corrected chi connectivity index (χ4v) is 2.78. The van der Waals surface area contributed by atoms with Crippen LogP contribution in [0.4, 0.5) is 5.69 Å². The van der Waals surface area contributed by atoms with E-state index in [9.17, 15) is 8.42 Å². The molecular formula is C12H16N4O3S. The van der Waals surface area contributed by atoms with Gasteiger partial charge in [0.2, 0.25) is 0 Å². The predicted molar refractivity (Wildman–Crippen MR) is 74.7 cm³/mol. The lowest BCUT2D eigenvalue weighted by molar-refractivity contribution is 0.324. The van der Waals surface area contributed by atoms with Gasteiger partial charge in [-0.2, -0.15) is 5.10 Å². The van der Waals surface area contributed by atoms with Crippen molar-refractivity contribution in [3.05, 3.63) is 36.5 Å². The number of ether oxygens (including phenoxy) is 1. The van der Waals surface area contributed by atoms with Crippen LogP contribution in [0.1, 0.15) is 0 Å². The minimum Gasteiger partial charge on any atom is -0.490 e. The minimum absolute atomic E-state index is 0.108. The van der Waals surface area contributed by atoms with Gasteiger partial charge in [-0.05, 0) is 18.2 Å². The molecule has 0 unspecified atom stereocenters. The molecule has 0 radical (unpaired) electrons. The standard InChI is InChI=1S/C12H16N4O3S/c1-16-12(6-7-14-16)20(17,18)15-8-9-19-11-5-3-2-4-10(11)13/h2-7,15H,8-9,13H2,1H3. The third-order valence-electron chi connectivity index (χ3n) is 2.62. The van der Waals surface area contributed by atoms with Gasteiger partial charge in [0.05, 0.1) is 11.9 Å². The first-order valence-corrected chi connectivity index (χ1v) is 7.44. The highest BCUT2D eigenvalue weighted by Crippen LogP contribution is 2.19. The number of nitrogens with one attached hydrogen (secondary N) is 1. The van der Waals surface area contributed by atoms with E-state index in [-0.39, 0.29) is 18.2 Å². The average molecular weight is 296 g/mol. The summed E-state index contributed by atoms with van der Waals surface area (Å²) >= 11 is 0. The number of sulfonamides is 1. The molecule has 0 aliphatic heterocycles. The van der Waals surface area contributed by atoms with Crippen molar-refractivity contribution in [2.24, 2.45) is 7.05 Å². The summed E-state index contributed by atoms with van der Waals surface area (Å²) in [7, 11) is -2.01. The Morgan fingerprint density at radius 2 is 2.10 bits per heavy atom. The van der Waals surface area contributed by atoms with Crippen LogP contribution in [0.3, 0.4) is 0 Å². The smallest absolute Gasteiger partial charge is 0.257 e. The van der Waals surface area contributed by atoms with Crippen molar-refractivity contribution in [1.29, 1.82) is 0 Å². The molecule has 108 valence electrons. The van der Waals surface area contributed by atoms with Crippen molar-refractivity contribution < 1.29 is 13.2 Å². The first kappa shape index (κ1) is 14.4. The third kappa shape index (κ3) is 3.28. The van der Waals surface area contributed by atoms with Crippen LogP contribution in [0.25, 0.3) is 0 Å². The fourth-order valence-electron chi connectivity index (χ4n) is 1.65. The molecule has 1 aromatic heterocycles. The lowest BCUT2D eigenvalue weighted by Gasteiger charge is -2.10. The Labute approximate surface area is 117 Å². The van der Waals surface area contributed by atoms with Gasteiger partial charge in [0.25, 0.3) is 10.0 Å². The second-order valence-corrected chi connectivity index (χ2v) is 5.79. The molecule has 0 aliphatic carbocycles. The molecule has 0 saturated heterocycles. The highest BCUT2D eigenvalue weighted by atomic mass is 32.2. The van der Waals surface area contributed by atoms with Crippen LogP contribution < -0.4 is 15.2 Å². The van der Waals surface area contributed by atoms with E-state index in [0.717, 1.165) is 0 Å². The zero-order chi connectivity index (χ0) is 14.6. The van der Waals surface area contributed by atoms with Gasteiger partial charge in [-0.15, -0.1) is 0 Å². The predicted octanol–water partition coefficient (Wildman–Crippen LogP) is 0.360. The van der Waals surface area contributed by atoms with Gasteiger partial charge in [0, 0.05) is 13.6 Å². The zero-order valence-corrected chi connectivity index (χ0v) is 11.8. The van der Waals surface area contributed by atoms with E-state index in [0.29, 0.717) is 11.4 Å². The van der Waals surface area contributed by atoms with Crippen LogP contribution in [-0.4, -0.2) is 31.3 Å². The molecule has 3 N–H and O–H groups in total. The largest absolute Gasteiger partial charge is 0.490 e. The van der Waals surface area contributed by atoms with E-state index in [1.54, 1.807) is 31.3 Å². The van der Waals surface area contributed by atoms with Crippen molar-refractivity contribution in [1.82, 2.24) is 14.5 Å². The zero-order valence-electron chi connectivity index (χ0n) is 11.0. The number of nitrogen functional groups attached to an aromatic ring is 1. The summed E-state index contributed by atoms with van der Waals surface area (Å²) in [5.74, 6) is 0.534. The lowest BCUT2D eigenvalue weighted by Crippen LogP contribution is -2.29. The molecule has 0 amide bonds. The average Bonchev–Trinajstić information content (AvgIpc) is 2.84. The topological polar surface area (TPSA) is 99.2 Å². The van der Waals surface area contributed by atoms with Gasteiger partial charge >= 0.3 is 0 Å². The van der Waals surface area contributed by atoms with Gasteiger partial charge in [-0.25, -0.2) is 13.1 Å². The van der Waals surface area contributed by atoms with Crippen LogP contribution in [0.5, 0.6) is 5.75 Å². The number of benzene rings is 1. The summed E-state index contributed by atoms with van der Waals surface area (Å²) in [6.07, 6.45) is 1.43. The molecule has 0 aliphatic rings. The second kappa shape index (κ2) is 5.93. The Bertz CT molecular complexity index is 682. The molecule has 2 aromatic rings. The number of para-hydroxylation sites is 2. The first-order valence-electron chi connectivity index (χ1n) is 5.95. The Balaban J connectivity index is 1.88. The number of aromatic nitrogens is 2. The number of hydrogen-bond acceptors (Lipinski definition) is 5. The van der Waals surface area contributed by atoms with E-state index in [1.807, 2.05) is 0 Å². The molecule has 1 heterocycles. The second-order valence-electron chi connectivity index (χ2n) is 4.08. The molecule has 0 saturated carbocycles. The summed E-state index contributed by atoms with van der Waals surface area (Å²) in [5.41, 5.74) is 6.23. The van der Waals surface area contributed by atoms with Crippen LogP contribution in [0.15, 0.2) is 41.6 Å². The summed E-state index contributed by atoms with van der Waals surface area (Å²) in [6.45, 7) is 0.327. The molecule has 0 atom stereocenters. The van der Waals surface area contributed by atoms with E-state index >= 15 is 0 Å². The van der Waals surface area contributed by atoms with Gasteiger partial charge in [0.1, 0.15) is 12.4 Å². The normalized spacial score (nSPS) is 11.4. The lowest BCUT2D eigenvalue weighted by atomic mass is 10.3. The quantitative estimate of drug-likeness (QED) is 0.592. The molecule has 0 spiro atoms. The molecule has 8 heteroatoms. The maximum atomic E-state index is 11.9. The van der Waals surface area contributed by atoms with Gasteiger partial charge < -0.3 is 10.5 Å². The molecule has 2 rings (SSSR count). The van der Waals surface area contributed by atoms with Crippen LogP contribution >= 0.6 is 0 Å². The van der Waals surface area contributed by atoms with E-state index in [1.165, 1.54) is 16.9 Å². The monoisotopic (exact) mass is 296 g/mol. The maximum absolute atomic E-state index is 11.9. The van der Waals surface area contributed by atoms with Gasteiger partial charge in [-0.3, -0.25) is 4.68 Å². The highest BCUT2D eigenvalue weighted by Gasteiger charge is 2.17. The summed E-state index contributed by atoms with van der Waals surface area (Å²) in [6, 6.07) is 8.47. The number of rotatable bonds is 6. The molecule has 20 heavy (non-hydrogen) atoms. The van der Waals surface area contributed by atoms with E-state index in [2.05, 4.69) is 9.82 Å². The molecule has 0 bridgehead atoms. The van der Waals surface area contributed by atoms with Crippen LogP contribution in [-0.2, 0) is 17.1 Å². The molecular weight excluding hydrogens is 280 g/mol. The van der Waals surface area contributed by atoms with E-state index in [4.69, 9.17) is 10.5 Å². The summed E-state index contributed by atoms with van der Waals surface area (Å²) < 4.78 is 33.0. The van der Waals surface area contributed by atoms with E-state index < -0.39 is 10.0 Å². The molecule has 7 nitrogen and oxygen atoms in total. The maximum Gasteiger partial charge on any atom is 0.257 e. The molecule has 1 aromatic carbocycles. The van der Waals surface area contributed by atoms with Crippen molar-refractivity contribution in [2.75, 3.05) is 18.9 Å². The molecule has 0 fully saturated rings. The number of nitrogens with zero attached hydrogens (tertiary/aromatic N) is 2. The third-order valence-corrected chi connectivity index (χ3v) is 4.16. The number of anilines is 1. The SMILES string of the molecule is Cn1nccc1S(=O)(=O)NCCOc1ccccc1N. The van der Waals surface area contributed by atoms with Crippen LogP contribution in [0, 0.1) is 0 Å². The number of aryl methyl sites for hydroxylation is 1.